The van der Waals surface area contributed by atoms with Gasteiger partial charge in [-0.05, 0) is 74.0 Å². The number of fused-ring (bicyclic) bond motifs is 3. The van der Waals surface area contributed by atoms with Gasteiger partial charge in [0.25, 0.3) is 0 Å². The van der Waals surface area contributed by atoms with Crippen molar-refractivity contribution in [3.63, 3.8) is 0 Å². The van der Waals surface area contributed by atoms with Gasteiger partial charge < -0.3 is 0 Å². The largest absolute Gasteiger partial charge is 0.300 e. The van der Waals surface area contributed by atoms with Crippen LogP contribution in [0.3, 0.4) is 0 Å². The zero-order valence-corrected chi connectivity index (χ0v) is 18.3. The van der Waals surface area contributed by atoms with Crippen LogP contribution in [0.5, 0.6) is 0 Å². The molecule has 1 saturated heterocycles. The molecule has 138 valence electrons. The van der Waals surface area contributed by atoms with Crippen molar-refractivity contribution in [2.75, 3.05) is 5.75 Å². The summed E-state index contributed by atoms with van der Waals surface area (Å²) in [5.41, 5.74) is 0.652. The molecule has 0 spiro atoms. The van der Waals surface area contributed by atoms with Gasteiger partial charge in [0.1, 0.15) is 11.6 Å². The number of hydrogen-bond acceptors (Lipinski definition) is 3. The number of thioether (sulfide) groups is 1. The van der Waals surface area contributed by atoms with Crippen molar-refractivity contribution in [2.45, 2.75) is 73.9 Å². The summed E-state index contributed by atoms with van der Waals surface area (Å²) in [5, 5.41) is 0.664. The predicted octanol–water partition coefficient (Wildman–Crippen LogP) is 5.07. The van der Waals surface area contributed by atoms with Crippen LogP contribution in [-0.2, 0) is 9.59 Å². The molecule has 5 aliphatic rings. The molecule has 8 atom stereocenters. The lowest BCUT2D eigenvalue weighted by molar-refractivity contribution is -0.135. The van der Waals surface area contributed by atoms with Gasteiger partial charge in [-0.2, -0.15) is 11.8 Å². The normalized spacial score (nSPS) is 56.9. The number of halogens is 1. The van der Waals surface area contributed by atoms with Crippen LogP contribution < -0.4 is 0 Å². The lowest BCUT2D eigenvalue weighted by Crippen LogP contribution is -2.63. The monoisotopic (exact) mass is 472 g/mol. The van der Waals surface area contributed by atoms with Gasteiger partial charge in [-0.25, -0.2) is 0 Å². The molecule has 0 unspecified atom stereocenters. The molecule has 0 N–H and O–H groups in total. The van der Waals surface area contributed by atoms with Crippen LogP contribution in [0.2, 0.25) is 0 Å². The molecule has 0 amide bonds. The summed E-state index contributed by atoms with van der Waals surface area (Å²) in [6.45, 7) is 4.27. The van der Waals surface area contributed by atoms with Gasteiger partial charge in [-0.3, -0.25) is 9.59 Å². The Balaban J connectivity index is 1.53. The first-order valence-corrected chi connectivity index (χ1v) is 12.3. The van der Waals surface area contributed by atoms with E-state index in [0.29, 0.717) is 28.1 Å². The summed E-state index contributed by atoms with van der Waals surface area (Å²) in [5.74, 6) is 4.88. The topological polar surface area (TPSA) is 34.1 Å². The van der Waals surface area contributed by atoms with Gasteiger partial charge in [0, 0.05) is 33.2 Å². The Labute approximate surface area is 169 Å². The van der Waals surface area contributed by atoms with E-state index in [-0.39, 0.29) is 8.84 Å². The van der Waals surface area contributed by atoms with Gasteiger partial charge in [-0.15, -0.1) is 0 Å². The van der Waals surface area contributed by atoms with Crippen molar-refractivity contribution in [1.29, 1.82) is 0 Å². The van der Waals surface area contributed by atoms with Crippen molar-refractivity contribution in [3.05, 3.63) is 0 Å². The van der Waals surface area contributed by atoms with Crippen LogP contribution in [-0.4, -0.2) is 26.0 Å². The Kier molecular flexibility index (Phi) is 3.84. The SMILES string of the molecule is CC(=O)[C@H]1CC[C@H]2[C@@H]3C[C@H]4SC[C@@]5(CCC(=O)C[C@]45I)[C@H]3CC[C@]12C. The molecule has 5 fully saturated rings. The number of carbonyl (C=O) groups is 2. The van der Waals surface area contributed by atoms with E-state index in [1.54, 1.807) is 0 Å². The quantitative estimate of drug-likeness (QED) is 0.395. The number of ketones is 2. The second kappa shape index (κ2) is 5.48. The molecule has 0 radical (unpaired) electrons. The van der Waals surface area contributed by atoms with E-state index in [2.05, 4.69) is 41.3 Å². The highest BCUT2D eigenvalue weighted by molar-refractivity contribution is 14.1. The average Bonchev–Trinajstić information content (AvgIpc) is 2.97. The first-order chi connectivity index (χ1) is 11.8. The Morgan fingerprint density at radius 3 is 2.76 bits per heavy atom. The summed E-state index contributed by atoms with van der Waals surface area (Å²) in [7, 11) is 0. The van der Waals surface area contributed by atoms with Crippen LogP contribution >= 0.6 is 34.4 Å². The third-order valence-corrected chi connectivity index (χ3v) is 13.6. The molecular formula is C21H29IO2S. The Hall–Kier alpha value is 0.420. The number of hydrogen-bond donors (Lipinski definition) is 0. The summed E-state index contributed by atoms with van der Waals surface area (Å²) in [6.07, 6.45) is 9.01. The van der Waals surface area contributed by atoms with E-state index in [0.717, 1.165) is 43.4 Å². The van der Waals surface area contributed by atoms with E-state index < -0.39 is 0 Å². The number of Topliss-reactive ketones (excluding diaryl/α,β-unsaturated/α-hetero) is 2. The van der Waals surface area contributed by atoms with Gasteiger partial charge in [0.05, 0.1) is 0 Å². The summed E-state index contributed by atoms with van der Waals surface area (Å²) < 4.78 is 0.220. The fourth-order valence-corrected chi connectivity index (χ4v) is 12.6. The first-order valence-electron chi connectivity index (χ1n) is 10.1. The molecular weight excluding hydrogens is 443 g/mol. The average molecular weight is 472 g/mol. The minimum atomic E-state index is 0.220. The van der Waals surface area contributed by atoms with E-state index in [1.165, 1.54) is 31.4 Å². The molecule has 1 heterocycles. The van der Waals surface area contributed by atoms with Crippen LogP contribution in [0.1, 0.15) is 65.2 Å². The standard InChI is InChI=1S/C21H29IO2S/c1-12(23)15-3-4-16-14-9-18-21(22)10-13(24)5-8-20(21,11-25-18)17(14)6-7-19(15,16)2/h14-18H,3-11H2,1-2H3/t14-,15+,16-,17-,18+,19+,20-,21-/m0/s1. The van der Waals surface area contributed by atoms with E-state index in [1.807, 2.05) is 6.92 Å². The fourth-order valence-electron chi connectivity index (χ4n) is 8.20. The predicted molar refractivity (Wildman–Crippen MR) is 110 cm³/mol. The molecule has 1 aliphatic heterocycles. The molecule has 5 rings (SSSR count). The highest BCUT2D eigenvalue weighted by atomic mass is 127. The number of carbonyl (C=O) groups excluding carboxylic acids is 2. The van der Waals surface area contributed by atoms with Gasteiger partial charge in [0.15, 0.2) is 0 Å². The maximum Gasteiger partial charge on any atom is 0.134 e. The maximum absolute atomic E-state index is 12.3. The van der Waals surface area contributed by atoms with Crippen LogP contribution in [0.15, 0.2) is 0 Å². The van der Waals surface area contributed by atoms with Crippen molar-refractivity contribution < 1.29 is 9.59 Å². The Bertz CT molecular complexity index is 650. The Morgan fingerprint density at radius 2 is 2.00 bits per heavy atom. The third kappa shape index (κ3) is 2.05. The molecule has 0 aromatic carbocycles. The van der Waals surface area contributed by atoms with E-state index >= 15 is 0 Å². The minimum absolute atomic E-state index is 0.220. The third-order valence-electron chi connectivity index (χ3n) is 9.31. The molecule has 4 heteroatoms. The molecule has 4 saturated carbocycles. The van der Waals surface area contributed by atoms with E-state index in [9.17, 15) is 9.59 Å². The first kappa shape index (κ1) is 17.5. The molecule has 25 heavy (non-hydrogen) atoms. The summed E-state index contributed by atoms with van der Waals surface area (Å²) in [6, 6.07) is 0. The van der Waals surface area contributed by atoms with Crippen LogP contribution in [0.4, 0.5) is 0 Å². The number of alkyl halides is 1. The highest BCUT2D eigenvalue weighted by Crippen LogP contribution is 2.75. The molecule has 2 bridgehead atoms. The van der Waals surface area contributed by atoms with Gasteiger partial charge >= 0.3 is 0 Å². The second-order valence-corrected chi connectivity index (χ2v) is 13.0. The van der Waals surface area contributed by atoms with E-state index in [4.69, 9.17) is 0 Å². The zero-order chi connectivity index (χ0) is 17.6. The van der Waals surface area contributed by atoms with Crippen molar-refractivity contribution in [2.24, 2.45) is 34.5 Å². The maximum atomic E-state index is 12.3. The van der Waals surface area contributed by atoms with Crippen molar-refractivity contribution in [1.82, 2.24) is 0 Å². The Morgan fingerprint density at radius 1 is 1.20 bits per heavy atom. The molecule has 4 aliphatic carbocycles. The molecule has 0 aromatic heterocycles. The molecule has 0 aromatic rings. The second-order valence-electron chi connectivity index (χ2n) is 9.93. The lowest BCUT2D eigenvalue weighted by Gasteiger charge is -2.62. The lowest BCUT2D eigenvalue weighted by atomic mass is 9.44. The van der Waals surface area contributed by atoms with Gasteiger partial charge in [0.2, 0.25) is 0 Å². The number of rotatable bonds is 1. The summed E-state index contributed by atoms with van der Waals surface area (Å²) >= 11 is 4.93. The minimum Gasteiger partial charge on any atom is -0.300 e. The van der Waals surface area contributed by atoms with Crippen LogP contribution in [0, 0.1) is 34.5 Å². The smallest absolute Gasteiger partial charge is 0.134 e. The highest BCUT2D eigenvalue weighted by Gasteiger charge is 2.71. The zero-order valence-electron chi connectivity index (χ0n) is 15.4. The van der Waals surface area contributed by atoms with Gasteiger partial charge in [-0.1, -0.05) is 29.5 Å². The van der Waals surface area contributed by atoms with Crippen molar-refractivity contribution >= 4 is 45.9 Å². The van der Waals surface area contributed by atoms with Crippen LogP contribution in [0.25, 0.3) is 0 Å². The van der Waals surface area contributed by atoms with Crippen molar-refractivity contribution in [3.8, 4) is 0 Å². The fraction of sp³-hybridized carbons (Fsp3) is 0.905. The summed E-state index contributed by atoms with van der Waals surface area (Å²) in [4.78, 5) is 24.6. The molecule has 2 nitrogen and oxygen atoms in total.